The molecule has 1 aromatic heterocycles. The van der Waals surface area contributed by atoms with Crippen LogP contribution in [-0.2, 0) is 0 Å². The van der Waals surface area contributed by atoms with Crippen LogP contribution in [0.3, 0.4) is 0 Å². The summed E-state index contributed by atoms with van der Waals surface area (Å²) in [5.74, 6) is 0.325. The van der Waals surface area contributed by atoms with Crippen molar-refractivity contribution in [1.82, 2.24) is 4.98 Å². The lowest BCUT2D eigenvalue weighted by atomic mass is 10.2. The number of rotatable bonds is 2. The van der Waals surface area contributed by atoms with Crippen LogP contribution in [0.2, 0.25) is 0 Å². The van der Waals surface area contributed by atoms with Gasteiger partial charge in [0.15, 0.2) is 0 Å². The van der Waals surface area contributed by atoms with Gasteiger partial charge in [-0.2, -0.15) is 0 Å². The highest BCUT2D eigenvalue weighted by Crippen LogP contribution is 2.17. The number of aromatic nitrogens is 1. The maximum atomic E-state index is 11.0. The van der Waals surface area contributed by atoms with Crippen LogP contribution in [0.4, 0.5) is 5.82 Å². The highest BCUT2D eigenvalue weighted by Gasteiger charge is 2.12. The predicted octanol–water partition coefficient (Wildman–Crippen LogP) is 1.36. The van der Waals surface area contributed by atoms with Gasteiger partial charge < -0.3 is 10.6 Å². The van der Waals surface area contributed by atoms with Gasteiger partial charge >= 0.3 is 0 Å². The van der Waals surface area contributed by atoms with Crippen LogP contribution in [0, 0.1) is 6.07 Å². The van der Waals surface area contributed by atoms with Gasteiger partial charge in [0.05, 0.1) is 0 Å². The molecule has 1 fully saturated rings. The van der Waals surface area contributed by atoms with Crippen molar-refractivity contribution in [3.05, 3.63) is 23.9 Å². The van der Waals surface area contributed by atoms with E-state index in [0.29, 0.717) is 0 Å². The summed E-state index contributed by atoms with van der Waals surface area (Å²) >= 11 is 0. The Hall–Kier alpha value is -1.58. The lowest BCUT2D eigenvalue weighted by molar-refractivity contribution is 0.0995. The second-order valence-electron chi connectivity index (χ2n) is 4.06. The molecule has 2 N–H and O–H groups in total. The fourth-order valence-electron chi connectivity index (χ4n) is 1.98. The second-order valence-corrected chi connectivity index (χ2v) is 4.06. The zero-order valence-electron chi connectivity index (χ0n) is 9.28. The molecule has 2 rings (SSSR count). The largest absolute Gasteiger partial charge is 0.364 e. The van der Waals surface area contributed by atoms with Gasteiger partial charge in [-0.1, -0.05) is 12.8 Å². The lowest BCUT2D eigenvalue weighted by Gasteiger charge is -2.21. The minimum atomic E-state index is -0.517. The quantitative estimate of drug-likeness (QED) is 0.815. The number of hydrogen-bond acceptors (Lipinski definition) is 3. The van der Waals surface area contributed by atoms with Crippen LogP contribution < -0.4 is 10.6 Å². The van der Waals surface area contributed by atoms with Crippen LogP contribution in [-0.4, -0.2) is 24.0 Å². The Bertz CT molecular complexity index is 370. The normalized spacial score (nSPS) is 16.9. The Morgan fingerprint density at radius 3 is 2.62 bits per heavy atom. The third kappa shape index (κ3) is 2.51. The Morgan fingerprint density at radius 2 is 2.00 bits per heavy atom. The van der Waals surface area contributed by atoms with Crippen molar-refractivity contribution in [1.29, 1.82) is 0 Å². The Morgan fingerprint density at radius 1 is 1.31 bits per heavy atom. The van der Waals surface area contributed by atoms with Gasteiger partial charge in [0, 0.05) is 19.2 Å². The molecule has 1 radical (unpaired) electrons. The van der Waals surface area contributed by atoms with Crippen LogP contribution >= 0.6 is 0 Å². The number of pyridine rings is 1. The molecule has 0 aromatic carbocycles. The molecule has 1 aromatic rings. The Kier molecular flexibility index (Phi) is 3.39. The fraction of sp³-hybridized carbons (Fsp3) is 0.500. The summed E-state index contributed by atoms with van der Waals surface area (Å²) in [6, 6.07) is 6.35. The van der Waals surface area contributed by atoms with Gasteiger partial charge in [0.1, 0.15) is 11.5 Å². The van der Waals surface area contributed by atoms with E-state index in [1.54, 1.807) is 6.07 Å². The highest BCUT2D eigenvalue weighted by atomic mass is 16.1. The highest BCUT2D eigenvalue weighted by molar-refractivity contribution is 5.90. The minimum absolute atomic E-state index is 0.224. The zero-order chi connectivity index (χ0) is 11.4. The number of carbonyl (C=O) groups excluding carboxylic acids is 1. The van der Waals surface area contributed by atoms with E-state index in [4.69, 9.17) is 5.73 Å². The monoisotopic (exact) mass is 218 g/mol. The molecule has 2 heterocycles. The van der Waals surface area contributed by atoms with Gasteiger partial charge in [-0.15, -0.1) is 0 Å². The molecule has 0 aliphatic carbocycles. The molecule has 1 saturated heterocycles. The number of amides is 1. The third-order valence-corrected chi connectivity index (χ3v) is 2.84. The average molecular weight is 218 g/mol. The number of hydrogen-bond donors (Lipinski definition) is 1. The predicted molar refractivity (Wildman–Crippen MR) is 62.3 cm³/mol. The topological polar surface area (TPSA) is 59.2 Å². The molecular formula is C12H16N3O. The molecule has 4 nitrogen and oxygen atoms in total. The van der Waals surface area contributed by atoms with Gasteiger partial charge in [0.25, 0.3) is 5.91 Å². The molecule has 1 aliphatic heterocycles. The fourth-order valence-corrected chi connectivity index (χ4v) is 1.98. The summed E-state index contributed by atoms with van der Waals surface area (Å²) in [7, 11) is 0. The van der Waals surface area contributed by atoms with Crippen molar-refractivity contribution < 1.29 is 4.79 Å². The summed E-state index contributed by atoms with van der Waals surface area (Å²) in [6.45, 7) is 2.02. The van der Waals surface area contributed by atoms with Crippen LogP contribution in [0.1, 0.15) is 36.2 Å². The molecule has 0 spiro atoms. The number of nitrogens with zero attached hydrogens (tertiary/aromatic N) is 2. The molecule has 4 heteroatoms. The van der Waals surface area contributed by atoms with Gasteiger partial charge in [-0.25, -0.2) is 4.98 Å². The van der Waals surface area contributed by atoms with Gasteiger partial charge in [-0.05, 0) is 25.0 Å². The van der Waals surface area contributed by atoms with E-state index in [2.05, 4.69) is 16.0 Å². The SMILES string of the molecule is NC(=O)c1[c]ccc(N2CCCCCC2)n1. The first kappa shape index (κ1) is 10.9. The zero-order valence-corrected chi connectivity index (χ0v) is 9.28. The summed E-state index contributed by atoms with van der Waals surface area (Å²) in [5.41, 5.74) is 5.42. The first-order chi connectivity index (χ1) is 7.77. The average Bonchev–Trinajstić information content (AvgIpc) is 2.57. The summed E-state index contributed by atoms with van der Waals surface area (Å²) in [4.78, 5) is 17.5. The first-order valence-electron chi connectivity index (χ1n) is 5.71. The Balaban J connectivity index is 2.18. The molecule has 0 atom stereocenters. The molecular weight excluding hydrogens is 202 g/mol. The smallest absolute Gasteiger partial charge is 0.268 e. The Labute approximate surface area is 95.5 Å². The molecule has 0 bridgehead atoms. The van der Waals surface area contributed by atoms with E-state index in [9.17, 15) is 4.79 Å². The van der Waals surface area contributed by atoms with Crippen molar-refractivity contribution in [3.8, 4) is 0 Å². The first-order valence-corrected chi connectivity index (χ1v) is 5.71. The van der Waals surface area contributed by atoms with Crippen molar-refractivity contribution in [2.75, 3.05) is 18.0 Å². The summed E-state index contributed by atoms with van der Waals surface area (Å²) < 4.78 is 0. The molecule has 85 valence electrons. The number of nitrogens with two attached hydrogens (primary N) is 1. The van der Waals surface area contributed by atoms with Crippen molar-refractivity contribution in [2.45, 2.75) is 25.7 Å². The van der Waals surface area contributed by atoms with E-state index in [1.807, 2.05) is 6.07 Å². The van der Waals surface area contributed by atoms with E-state index in [0.717, 1.165) is 18.9 Å². The van der Waals surface area contributed by atoms with Crippen LogP contribution in [0.15, 0.2) is 12.1 Å². The minimum Gasteiger partial charge on any atom is -0.364 e. The lowest BCUT2D eigenvalue weighted by Crippen LogP contribution is -2.26. The maximum absolute atomic E-state index is 11.0. The van der Waals surface area contributed by atoms with E-state index < -0.39 is 5.91 Å². The second kappa shape index (κ2) is 4.96. The number of anilines is 1. The molecule has 1 amide bonds. The van der Waals surface area contributed by atoms with Crippen molar-refractivity contribution in [3.63, 3.8) is 0 Å². The third-order valence-electron chi connectivity index (χ3n) is 2.84. The summed E-state index contributed by atoms with van der Waals surface area (Å²) in [6.07, 6.45) is 4.93. The summed E-state index contributed by atoms with van der Waals surface area (Å²) in [5, 5.41) is 0. The van der Waals surface area contributed by atoms with Crippen LogP contribution in [0.25, 0.3) is 0 Å². The van der Waals surface area contributed by atoms with Gasteiger partial charge in [0.2, 0.25) is 0 Å². The van der Waals surface area contributed by atoms with Crippen molar-refractivity contribution >= 4 is 11.7 Å². The van der Waals surface area contributed by atoms with E-state index in [1.165, 1.54) is 25.7 Å². The molecule has 1 aliphatic rings. The molecule has 0 saturated carbocycles. The van der Waals surface area contributed by atoms with E-state index in [-0.39, 0.29) is 5.69 Å². The van der Waals surface area contributed by atoms with Crippen LogP contribution in [0.5, 0.6) is 0 Å². The molecule has 0 unspecified atom stereocenters. The standard InChI is InChI=1S/C12H16N3O/c13-12(16)10-6-5-7-11(14-10)15-8-3-1-2-4-9-15/h5,7H,1-4,8-9H2,(H2,13,16). The van der Waals surface area contributed by atoms with E-state index >= 15 is 0 Å². The van der Waals surface area contributed by atoms with Crippen molar-refractivity contribution in [2.24, 2.45) is 5.73 Å². The number of primary amides is 1. The maximum Gasteiger partial charge on any atom is 0.268 e. The molecule has 16 heavy (non-hydrogen) atoms. The van der Waals surface area contributed by atoms with Gasteiger partial charge in [-0.3, -0.25) is 4.79 Å². The number of carbonyl (C=O) groups is 1.